The van der Waals surface area contributed by atoms with E-state index in [0.717, 1.165) is 5.75 Å². The Morgan fingerprint density at radius 2 is 2.13 bits per heavy atom. The number of furan rings is 1. The number of amides is 2. The van der Waals surface area contributed by atoms with Gasteiger partial charge in [0, 0.05) is 6.54 Å². The van der Waals surface area contributed by atoms with Gasteiger partial charge >= 0.3 is 0 Å². The number of carbonyl (C=O) groups is 2. The maximum absolute atomic E-state index is 12.4. The van der Waals surface area contributed by atoms with Gasteiger partial charge in [-0.25, -0.2) is 0 Å². The molecule has 2 amide bonds. The lowest BCUT2D eigenvalue weighted by Crippen LogP contribution is -2.48. The van der Waals surface area contributed by atoms with Crippen LogP contribution in [-0.2, 0) is 4.79 Å². The van der Waals surface area contributed by atoms with Crippen LogP contribution in [0.5, 0.6) is 0 Å². The summed E-state index contributed by atoms with van der Waals surface area (Å²) < 4.78 is 5.09. The van der Waals surface area contributed by atoms with Crippen LogP contribution in [0.2, 0.25) is 0 Å². The van der Waals surface area contributed by atoms with Crippen molar-refractivity contribution in [3.05, 3.63) is 24.2 Å². The van der Waals surface area contributed by atoms with E-state index in [2.05, 4.69) is 10.6 Å². The molecule has 6 heteroatoms. The van der Waals surface area contributed by atoms with E-state index in [9.17, 15) is 9.59 Å². The molecule has 5 nitrogen and oxygen atoms in total. The van der Waals surface area contributed by atoms with Crippen LogP contribution in [0.15, 0.2) is 22.8 Å². The molecule has 0 saturated heterocycles. The van der Waals surface area contributed by atoms with E-state index in [-0.39, 0.29) is 17.6 Å². The molecule has 0 bridgehead atoms. The van der Waals surface area contributed by atoms with Gasteiger partial charge < -0.3 is 15.1 Å². The van der Waals surface area contributed by atoms with Crippen LogP contribution < -0.4 is 10.6 Å². The molecule has 0 aromatic carbocycles. The van der Waals surface area contributed by atoms with Crippen LogP contribution in [-0.4, -0.2) is 36.4 Å². The average Bonchev–Trinajstić information content (AvgIpc) is 3.12. The van der Waals surface area contributed by atoms with Crippen molar-refractivity contribution >= 4 is 23.6 Å². The first-order valence-corrected chi connectivity index (χ1v) is 9.71. The zero-order chi connectivity index (χ0) is 16.5. The Hall–Kier alpha value is -1.43. The third-order valence-electron chi connectivity index (χ3n) is 4.27. The SMILES string of the molecule is CSCC[C@H](NC(=O)c1ccco1)C(=O)NCC1CCCCC1. The lowest BCUT2D eigenvalue weighted by Gasteiger charge is -2.23. The zero-order valence-corrected chi connectivity index (χ0v) is 14.5. The third kappa shape index (κ3) is 5.94. The smallest absolute Gasteiger partial charge is 0.287 e. The Labute approximate surface area is 142 Å². The predicted molar refractivity (Wildman–Crippen MR) is 92.5 cm³/mol. The lowest BCUT2D eigenvalue weighted by atomic mass is 9.89. The van der Waals surface area contributed by atoms with Crippen LogP contribution in [0, 0.1) is 5.92 Å². The molecule has 1 aliphatic rings. The van der Waals surface area contributed by atoms with Crippen molar-refractivity contribution in [2.75, 3.05) is 18.6 Å². The van der Waals surface area contributed by atoms with Crippen molar-refractivity contribution in [2.24, 2.45) is 5.92 Å². The highest BCUT2D eigenvalue weighted by Gasteiger charge is 2.23. The van der Waals surface area contributed by atoms with Gasteiger partial charge in [0.15, 0.2) is 5.76 Å². The quantitative estimate of drug-likeness (QED) is 0.764. The van der Waals surface area contributed by atoms with Gasteiger partial charge in [0.1, 0.15) is 6.04 Å². The lowest BCUT2D eigenvalue weighted by molar-refractivity contribution is -0.123. The maximum Gasteiger partial charge on any atom is 0.287 e. The second kappa shape index (κ2) is 9.65. The molecule has 1 aromatic rings. The van der Waals surface area contributed by atoms with E-state index in [1.165, 1.54) is 38.4 Å². The highest BCUT2D eigenvalue weighted by Crippen LogP contribution is 2.22. The molecule has 23 heavy (non-hydrogen) atoms. The summed E-state index contributed by atoms with van der Waals surface area (Å²) in [5, 5.41) is 5.80. The van der Waals surface area contributed by atoms with Crippen molar-refractivity contribution < 1.29 is 14.0 Å². The van der Waals surface area contributed by atoms with E-state index >= 15 is 0 Å². The summed E-state index contributed by atoms with van der Waals surface area (Å²) in [4.78, 5) is 24.5. The molecule has 2 N–H and O–H groups in total. The molecule has 0 spiro atoms. The Morgan fingerprint density at radius 1 is 1.35 bits per heavy atom. The molecule has 1 aromatic heterocycles. The van der Waals surface area contributed by atoms with Crippen molar-refractivity contribution in [1.29, 1.82) is 0 Å². The first-order chi connectivity index (χ1) is 11.2. The molecule has 2 rings (SSSR count). The van der Waals surface area contributed by atoms with E-state index in [4.69, 9.17) is 4.42 Å². The summed E-state index contributed by atoms with van der Waals surface area (Å²) in [6.45, 7) is 0.714. The molecule has 1 atom stereocenters. The van der Waals surface area contributed by atoms with E-state index in [1.807, 2.05) is 6.26 Å². The van der Waals surface area contributed by atoms with Crippen LogP contribution >= 0.6 is 11.8 Å². The number of thioether (sulfide) groups is 1. The van der Waals surface area contributed by atoms with E-state index in [0.29, 0.717) is 18.9 Å². The van der Waals surface area contributed by atoms with Gasteiger partial charge in [-0.2, -0.15) is 11.8 Å². The van der Waals surface area contributed by atoms with Gasteiger partial charge in [-0.15, -0.1) is 0 Å². The normalized spacial score (nSPS) is 16.7. The minimum atomic E-state index is -0.511. The molecule has 0 aliphatic heterocycles. The summed E-state index contributed by atoms with van der Waals surface area (Å²) in [5.74, 6) is 1.20. The summed E-state index contributed by atoms with van der Waals surface area (Å²) in [6.07, 6.45) is 10.3. The molecule has 128 valence electrons. The zero-order valence-electron chi connectivity index (χ0n) is 13.7. The Morgan fingerprint density at radius 3 is 2.78 bits per heavy atom. The van der Waals surface area contributed by atoms with E-state index in [1.54, 1.807) is 23.9 Å². The largest absolute Gasteiger partial charge is 0.459 e. The highest BCUT2D eigenvalue weighted by molar-refractivity contribution is 7.98. The maximum atomic E-state index is 12.4. The molecule has 1 heterocycles. The van der Waals surface area contributed by atoms with Gasteiger partial charge in [0.05, 0.1) is 6.26 Å². The summed E-state index contributed by atoms with van der Waals surface area (Å²) >= 11 is 1.66. The summed E-state index contributed by atoms with van der Waals surface area (Å²) in [7, 11) is 0. The van der Waals surface area contributed by atoms with Crippen LogP contribution in [0.1, 0.15) is 49.1 Å². The van der Waals surface area contributed by atoms with Crippen molar-refractivity contribution in [3.8, 4) is 0 Å². The number of carbonyl (C=O) groups excluding carboxylic acids is 2. The molecule has 1 fully saturated rings. The number of hydrogen-bond acceptors (Lipinski definition) is 4. The van der Waals surface area contributed by atoms with Crippen LogP contribution in [0.25, 0.3) is 0 Å². The van der Waals surface area contributed by atoms with Gasteiger partial charge in [-0.3, -0.25) is 9.59 Å². The van der Waals surface area contributed by atoms with Crippen LogP contribution in [0.3, 0.4) is 0 Å². The number of nitrogens with one attached hydrogen (secondary N) is 2. The fraction of sp³-hybridized carbons (Fsp3) is 0.647. The number of rotatable bonds is 8. The Kier molecular flexibility index (Phi) is 7.52. The van der Waals surface area contributed by atoms with Gasteiger partial charge in [-0.05, 0) is 49.3 Å². The highest BCUT2D eigenvalue weighted by atomic mass is 32.2. The topological polar surface area (TPSA) is 71.3 Å². The van der Waals surface area contributed by atoms with Crippen molar-refractivity contribution in [1.82, 2.24) is 10.6 Å². The average molecular weight is 338 g/mol. The standard InChI is InChI=1S/C17H26N2O3S/c1-23-11-9-14(19-17(21)15-8-5-10-22-15)16(20)18-12-13-6-3-2-4-7-13/h5,8,10,13-14H,2-4,6-7,9,11-12H2,1H3,(H,18,20)(H,19,21)/t14-/m0/s1. The summed E-state index contributed by atoms with van der Waals surface area (Å²) in [5.41, 5.74) is 0. The second-order valence-electron chi connectivity index (χ2n) is 6.03. The van der Waals surface area contributed by atoms with Gasteiger partial charge in [-0.1, -0.05) is 19.3 Å². The first-order valence-electron chi connectivity index (χ1n) is 8.31. The predicted octanol–water partition coefficient (Wildman–Crippen LogP) is 2.83. The Balaban J connectivity index is 1.85. The third-order valence-corrected chi connectivity index (χ3v) is 4.91. The minimum absolute atomic E-state index is 0.0930. The Bertz CT molecular complexity index is 484. The molecule has 1 saturated carbocycles. The molecule has 1 aliphatic carbocycles. The summed E-state index contributed by atoms with van der Waals surface area (Å²) in [6, 6.07) is 2.75. The van der Waals surface area contributed by atoms with Crippen molar-refractivity contribution in [2.45, 2.75) is 44.6 Å². The number of hydrogen-bond donors (Lipinski definition) is 2. The molecule has 0 unspecified atom stereocenters. The fourth-order valence-corrected chi connectivity index (χ4v) is 3.37. The monoisotopic (exact) mass is 338 g/mol. The minimum Gasteiger partial charge on any atom is -0.459 e. The second-order valence-corrected chi connectivity index (χ2v) is 7.02. The van der Waals surface area contributed by atoms with E-state index < -0.39 is 6.04 Å². The fourth-order valence-electron chi connectivity index (χ4n) is 2.90. The van der Waals surface area contributed by atoms with Crippen LogP contribution in [0.4, 0.5) is 0 Å². The molecule has 0 radical (unpaired) electrons. The molecular weight excluding hydrogens is 312 g/mol. The van der Waals surface area contributed by atoms with Crippen molar-refractivity contribution in [3.63, 3.8) is 0 Å². The van der Waals surface area contributed by atoms with Gasteiger partial charge in [0.25, 0.3) is 5.91 Å². The molecular formula is C17H26N2O3S. The first kappa shape index (κ1) is 17.9. The van der Waals surface area contributed by atoms with Gasteiger partial charge in [0.2, 0.25) is 5.91 Å².